The van der Waals surface area contributed by atoms with Crippen LogP contribution in [0.4, 0.5) is 4.39 Å². The van der Waals surface area contributed by atoms with Crippen molar-refractivity contribution >= 4 is 23.4 Å². The third-order valence-corrected chi connectivity index (χ3v) is 6.24. The molecule has 4 nitrogen and oxygen atoms in total. The number of halogens is 2. The van der Waals surface area contributed by atoms with Crippen LogP contribution in [0, 0.1) is 5.82 Å². The summed E-state index contributed by atoms with van der Waals surface area (Å²) in [5.74, 6) is -0.907. The van der Waals surface area contributed by atoms with Gasteiger partial charge in [0.25, 0.3) is 0 Å². The normalized spacial score (nSPS) is 11.5. The minimum Gasteiger partial charge on any atom is -0.350 e. The molecule has 4 aromatic carbocycles. The Kier molecular flexibility index (Phi) is 8.48. The van der Waals surface area contributed by atoms with Crippen molar-refractivity contribution in [2.45, 2.75) is 25.6 Å². The molecule has 2 amide bonds. The van der Waals surface area contributed by atoms with Crippen LogP contribution in [0.5, 0.6) is 0 Å². The molecule has 0 saturated carbocycles. The lowest BCUT2D eigenvalue weighted by Crippen LogP contribution is -2.43. The van der Waals surface area contributed by atoms with Gasteiger partial charge in [-0.3, -0.25) is 9.59 Å². The molecule has 0 saturated heterocycles. The molecule has 0 aromatic heterocycles. The molecule has 6 heteroatoms. The molecular formula is C30H26ClFN2O2. The fraction of sp³-hybridized carbons (Fsp3) is 0.133. The summed E-state index contributed by atoms with van der Waals surface area (Å²) in [5, 5.41) is 3.51. The highest BCUT2D eigenvalue weighted by Crippen LogP contribution is 2.25. The van der Waals surface area contributed by atoms with E-state index in [4.69, 9.17) is 11.6 Å². The molecule has 0 fully saturated rings. The van der Waals surface area contributed by atoms with Gasteiger partial charge in [0.2, 0.25) is 11.8 Å². The Hall–Kier alpha value is -3.96. The van der Waals surface area contributed by atoms with Crippen LogP contribution < -0.4 is 5.32 Å². The van der Waals surface area contributed by atoms with E-state index in [0.29, 0.717) is 10.6 Å². The second-order valence-corrected chi connectivity index (χ2v) is 8.84. The number of nitrogens with zero attached hydrogens (tertiary/aromatic N) is 1. The van der Waals surface area contributed by atoms with Crippen molar-refractivity contribution in [2.24, 2.45) is 0 Å². The number of rotatable bonds is 9. The summed E-state index contributed by atoms with van der Waals surface area (Å²) in [6.45, 7) is 0.365. The minimum absolute atomic E-state index is 0.128. The van der Waals surface area contributed by atoms with Crippen molar-refractivity contribution in [1.82, 2.24) is 10.2 Å². The minimum atomic E-state index is -0.894. The van der Waals surface area contributed by atoms with E-state index in [2.05, 4.69) is 5.32 Å². The van der Waals surface area contributed by atoms with Crippen molar-refractivity contribution < 1.29 is 14.0 Å². The second kappa shape index (κ2) is 12.1. The summed E-state index contributed by atoms with van der Waals surface area (Å²) in [7, 11) is 0. The number of benzene rings is 4. The van der Waals surface area contributed by atoms with E-state index in [1.54, 1.807) is 23.1 Å². The smallest absolute Gasteiger partial charge is 0.247 e. The quantitative estimate of drug-likeness (QED) is 0.301. The molecule has 0 aliphatic carbocycles. The Morgan fingerprint density at radius 3 is 2.06 bits per heavy atom. The molecule has 0 bridgehead atoms. The Morgan fingerprint density at radius 1 is 0.778 bits per heavy atom. The number of carbonyl (C=O) groups is 2. The topological polar surface area (TPSA) is 49.4 Å². The zero-order valence-electron chi connectivity index (χ0n) is 19.6. The Morgan fingerprint density at radius 2 is 1.39 bits per heavy atom. The number of amides is 2. The van der Waals surface area contributed by atoms with Gasteiger partial charge in [0.1, 0.15) is 11.9 Å². The molecule has 4 aromatic rings. The third-order valence-electron chi connectivity index (χ3n) is 5.87. The molecule has 1 unspecified atom stereocenters. The standard InChI is InChI=1S/C30H26ClFN2O2/c31-27-14-8-7-13-25(27)20-33-30(36)29(24-11-5-2-6-12-24)34(21-23-15-17-26(32)18-16-23)28(35)19-22-9-3-1-4-10-22/h1-18,29H,19-21H2,(H,33,36). The maximum atomic E-state index is 13.7. The Labute approximate surface area is 215 Å². The van der Waals surface area contributed by atoms with Gasteiger partial charge < -0.3 is 10.2 Å². The third kappa shape index (κ3) is 6.58. The summed E-state index contributed by atoms with van der Waals surface area (Å²) < 4.78 is 13.6. The molecule has 0 radical (unpaired) electrons. The van der Waals surface area contributed by atoms with Gasteiger partial charge in [-0.25, -0.2) is 4.39 Å². The lowest BCUT2D eigenvalue weighted by molar-refractivity contribution is -0.141. The van der Waals surface area contributed by atoms with Crippen LogP contribution in [0.1, 0.15) is 28.3 Å². The van der Waals surface area contributed by atoms with Gasteiger partial charge in [-0.2, -0.15) is 0 Å². The molecule has 1 atom stereocenters. The largest absolute Gasteiger partial charge is 0.350 e. The Bertz CT molecular complexity index is 1300. The van der Waals surface area contributed by atoms with Crippen LogP contribution in [-0.2, 0) is 29.1 Å². The molecule has 182 valence electrons. The molecule has 0 aliphatic rings. The number of hydrogen-bond donors (Lipinski definition) is 1. The number of hydrogen-bond acceptors (Lipinski definition) is 2. The monoisotopic (exact) mass is 500 g/mol. The summed E-state index contributed by atoms with van der Waals surface area (Å²) >= 11 is 6.28. The maximum absolute atomic E-state index is 13.7. The van der Waals surface area contributed by atoms with Crippen molar-refractivity contribution in [2.75, 3.05) is 0 Å². The first kappa shape index (κ1) is 25.1. The second-order valence-electron chi connectivity index (χ2n) is 8.43. The molecule has 1 N–H and O–H groups in total. The first-order chi connectivity index (χ1) is 17.5. The van der Waals surface area contributed by atoms with Crippen LogP contribution in [-0.4, -0.2) is 16.7 Å². The van der Waals surface area contributed by atoms with Gasteiger partial charge >= 0.3 is 0 Å². The van der Waals surface area contributed by atoms with Crippen LogP contribution in [0.3, 0.4) is 0 Å². The fourth-order valence-corrected chi connectivity index (χ4v) is 4.21. The van der Waals surface area contributed by atoms with Gasteiger partial charge in [-0.1, -0.05) is 103 Å². The highest BCUT2D eigenvalue weighted by atomic mass is 35.5. The predicted molar refractivity (Wildman–Crippen MR) is 140 cm³/mol. The van der Waals surface area contributed by atoms with E-state index in [0.717, 1.165) is 16.7 Å². The van der Waals surface area contributed by atoms with Crippen molar-refractivity contribution in [3.05, 3.63) is 142 Å². The van der Waals surface area contributed by atoms with Gasteiger partial charge in [0.15, 0.2) is 0 Å². The highest BCUT2D eigenvalue weighted by Gasteiger charge is 2.31. The molecular weight excluding hydrogens is 475 g/mol. The number of carbonyl (C=O) groups excluding carboxylic acids is 2. The van der Waals surface area contributed by atoms with Crippen molar-refractivity contribution in [3.63, 3.8) is 0 Å². The van der Waals surface area contributed by atoms with Gasteiger partial charge in [0.05, 0.1) is 6.42 Å². The van der Waals surface area contributed by atoms with Crippen molar-refractivity contribution in [1.29, 1.82) is 0 Å². The van der Waals surface area contributed by atoms with E-state index in [9.17, 15) is 14.0 Å². The van der Waals surface area contributed by atoms with Crippen LogP contribution in [0.25, 0.3) is 0 Å². The van der Waals surface area contributed by atoms with E-state index in [1.165, 1.54) is 12.1 Å². The van der Waals surface area contributed by atoms with E-state index in [-0.39, 0.29) is 37.1 Å². The molecule has 4 rings (SSSR count). The van der Waals surface area contributed by atoms with E-state index in [1.807, 2.05) is 78.9 Å². The van der Waals surface area contributed by atoms with E-state index >= 15 is 0 Å². The zero-order valence-corrected chi connectivity index (χ0v) is 20.4. The van der Waals surface area contributed by atoms with Crippen LogP contribution >= 0.6 is 11.6 Å². The average molecular weight is 501 g/mol. The lowest BCUT2D eigenvalue weighted by Gasteiger charge is -2.32. The molecule has 0 aliphatic heterocycles. The van der Waals surface area contributed by atoms with Gasteiger partial charge in [0, 0.05) is 18.1 Å². The fourth-order valence-electron chi connectivity index (χ4n) is 4.01. The summed E-state index contributed by atoms with van der Waals surface area (Å²) in [5.41, 5.74) is 3.02. The number of nitrogens with one attached hydrogen (secondary N) is 1. The van der Waals surface area contributed by atoms with Crippen LogP contribution in [0.15, 0.2) is 109 Å². The van der Waals surface area contributed by atoms with Gasteiger partial charge in [-0.15, -0.1) is 0 Å². The highest BCUT2D eigenvalue weighted by molar-refractivity contribution is 6.31. The molecule has 36 heavy (non-hydrogen) atoms. The molecule has 0 heterocycles. The summed E-state index contributed by atoms with van der Waals surface area (Å²) in [6.07, 6.45) is 0.128. The first-order valence-corrected chi connectivity index (χ1v) is 12.0. The molecule has 0 spiro atoms. The summed E-state index contributed by atoms with van der Waals surface area (Å²) in [6, 6.07) is 30.9. The maximum Gasteiger partial charge on any atom is 0.247 e. The zero-order chi connectivity index (χ0) is 25.3. The van der Waals surface area contributed by atoms with Gasteiger partial charge in [-0.05, 0) is 40.5 Å². The van der Waals surface area contributed by atoms with E-state index < -0.39 is 6.04 Å². The Balaban J connectivity index is 1.67. The summed E-state index contributed by atoms with van der Waals surface area (Å²) in [4.78, 5) is 28.9. The SMILES string of the molecule is O=C(NCc1ccccc1Cl)C(c1ccccc1)N(Cc1ccc(F)cc1)C(=O)Cc1ccccc1. The van der Waals surface area contributed by atoms with Crippen molar-refractivity contribution in [3.8, 4) is 0 Å². The lowest BCUT2D eigenvalue weighted by atomic mass is 10.0. The predicted octanol–water partition coefficient (Wildman–Crippen LogP) is 6.11. The first-order valence-electron chi connectivity index (χ1n) is 11.6. The average Bonchev–Trinajstić information content (AvgIpc) is 2.90. The van der Waals surface area contributed by atoms with Crippen LogP contribution in [0.2, 0.25) is 5.02 Å².